The van der Waals surface area contributed by atoms with Gasteiger partial charge in [0, 0.05) is 14.2 Å². The highest BCUT2D eigenvalue weighted by Crippen LogP contribution is 2.30. The van der Waals surface area contributed by atoms with E-state index in [-0.39, 0.29) is 0 Å². The maximum atomic E-state index is 3.72. The third-order valence-electron chi connectivity index (χ3n) is 3.34. The molecule has 0 unspecified atom stereocenters. The Bertz CT molecular complexity index is 317. The number of hydrogen-bond acceptors (Lipinski definition) is 1. The zero-order valence-electron chi connectivity index (χ0n) is 11.9. The third kappa shape index (κ3) is 6.38. The number of halogens is 1. The Hall–Kier alpha value is 0.180. The lowest BCUT2D eigenvalue weighted by molar-refractivity contribution is 0.669. The van der Waals surface area contributed by atoms with Crippen LogP contribution >= 0.6 is 27.3 Å². The molecule has 18 heavy (non-hydrogen) atoms. The summed E-state index contributed by atoms with van der Waals surface area (Å²) in [5.74, 6) is 0. The summed E-state index contributed by atoms with van der Waals surface area (Å²) >= 11 is 5.75. The van der Waals surface area contributed by atoms with E-state index in [1.807, 2.05) is 11.3 Å². The Kier molecular flexibility index (Phi) is 9.04. The van der Waals surface area contributed by atoms with Crippen molar-refractivity contribution in [2.45, 2.75) is 78.1 Å². The molecule has 0 saturated heterocycles. The van der Waals surface area contributed by atoms with Crippen molar-refractivity contribution in [3.8, 4) is 0 Å². The van der Waals surface area contributed by atoms with Gasteiger partial charge in [0.25, 0.3) is 0 Å². The molecule has 0 aliphatic carbocycles. The molecule has 1 rings (SSSR count). The molecule has 0 nitrogen and oxygen atoms in total. The second-order valence-electron chi connectivity index (χ2n) is 5.11. The summed E-state index contributed by atoms with van der Waals surface area (Å²) in [6.07, 6.45) is 13.4. The maximum Gasteiger partial charge on any atom is 0.0317 e. The van der Waals surface area contributed by atoms with E-state index in [0.29, 0.717) is 0 Å². The van der Waals surface area contributed by atoms with Gasteiger partial charge in [0.15, 0.2) is 0 Å². The molecule has 0 aliphatic rings. The summed E-state index contributed by atoms with van der Waals surface area (Å²) < 4.78 is 1.36. The summed E-state index contributed by atoms with van der Waals surface area (Å²) in [4.78, 5) is 3.14. The Morgan fingerprint density at radius 3 is 2.11 bits per heavy atom. The highest BCUT2D eigenvalue weighted by atomic mass is 79.9. The third-order valence-corrected chi connectivity index (χ3v) is 5.57. The minimum atomic E-state index is 1.26. The van der Waals surface area contributed by atoms with Crippen LogP contribution in [0.25, 0.3) is 0 Å². The molecule has 0 aromatic carbocycles. The van der Waals surface area contributed by atoms with Crippen LogP contribution in [0.15, 0.2) is 10.5 Å². The van der Waals surface area contributed by atoms with Gasteiger partial charge in [-0.15, -0.1) is 11.3 Å². The fourth-order valence-corrected chi connectivity index (χ4v) is 4.20. The minimum absolute atomic E-state index is 1.26. The van der Waals surface area contributed by atoms with E-state index >= 15 is 0 Å². The summed E-state index contributed by atoms with van der Waals surface area (Å²) in [5, 5.41) is 0. The van der Waals surface area contributed by atoms with Crippen LogP contribution in [-0.4, -0.2) is 0 Å². The molecule has 0 amide bonds. The number of hydrogen-bond donors (Lipinski definition) is 0. The van der Waals surface area contributed by atoms with Crippen LogP contribution < -0.4 is 0 Å². The van der Waals surface area contributed by atoms with Crippen LogP contribution in [0.3, 0.4) is 0 Å². The number of aryl methyl sites for hydroxylation is 2. The molecule has 0 bridgehead atoms. The van der Waals surface area contributed by atoms with Gasteiger partial charge < -0.3 is 0 Å². The van der Waals surface area contributed by atoms with Gasteiger partial charge in [0.1, 0.15) is 0 Å². The lowest BCUT2D eigenvalue weighted by atomic mass is 10.1. The normalized spacial score (nSPS) is 11.1. The molecule has 0 radical (unpaired) electrons. The van der Waals surface area contributed by atoms with Crippen molar-refractivity contribution >= 4 is 27.3 Å². The van der Waals surface area contributed by atoms with Gasteiger partial charge in [0.2, 0.25) is 0 Å². The van der Waals surface area contributed by atoms with Gasteiger partial charge in [-0.3, -0.25) is 0 Å². The quantitative estimate of drug-likeness (QED) is 0.416. The Balaban J connectivity index is 2.29. The van der Waals surface area contributed by atoms with Crippen LogP contribution in [-0.2, 0) is 12.8 Å². The molecule has 1 heterocycles. The number of thiophene rings is 1. The molecule has 0 fully saturated rings. The maximum absolute atomic E-state index is 3.72. The van der Waals surface area contributed by atoms with Crippen molar-refractivity contribution in [3.05, 3.63) is 20.3 Å². The first kappa shape index (κ1) is 16.2. The predicted molar refractivity (Wildman–Crippen MR) is 87.7 cm³/mol. The van der Waals surface area contributed by atoms with Crippen LogP contribution in [0.2, 0.25) is 0 Å². The first-order valence-corrected chi connectivity index (χ1v) is 9.16. The molecule has 0 atom stereocenters. The SMILES string of the molecule is CCCCCCc1cc(Br)c(CCCCCC)s1. The zero-order valence-corrected chi connectivity index (χ0v) is 14.3. The van der Waals surface area contributed by atoms with Crippen molar-refractivity contribution in [3.63, 3.8) is 0 Å². The average molecular weight is 331 g/mol. The van der Waals surface area contributed by atoms with Crippen LogP contribution in [0.4, 0.5) is 0 Å². The van der Waals surface area contributed by atoms with E-state index < -0.39 is 0 Å². The Morgan fingerprint density at radius 2 is 1.50 bits per heavy atom. The van der Waals surface area contributed by atoms with Crippen molar-refractivity contribution < 1.29 is 0 Å². The largest absolute Gasteiger partial charge is 0.144 e. The molecule has 0 N–H and O–H groups in total. The first-order valence-electron chi connectivity index (χ1n) is 7.55. The fourth-order valence-electron chi connectivity index (χ4n) is 2.19. The smallest absolute Gasteiger partial charge is 0.0317 e. The lowest BCUT2D eigenvalue weighted by Gasteiger charge is -1.98. The molecule has 1 aromatic rings. The van der Waals surface area contributed by atoms with Gasteiger partial charge in [-0.25, -0.2) is 0 Å². The highest BCUT2D eigenvalue weighted by Gasteiger charge is 2.06. The van der Waals surface area contributed by atoms with Gasteiger partial charge in [0.05, 0.1) is 0 Å². The molecule has 104 valence electrons. The van der Waals surface area contributed by atoms with Crippen LogP contribution in [0.1, 0.15) is 75.0 Å². The van der Waals surface area contributed by atoms with E-state index in [4.69, 9.17) is 0 Å². The highest BCUT2D eigenvalue weighted by molar-refractivity contribution is 9.10. The zero-order chi connectivity index (χ0) is 13.2. The van der Waals surface area contributed by atoms with Crippen molar-refractivity contribution in [2.24, 2.45) is 0 Å². The van der Waals surface area contributed by atoms with Crippen LogP contribution in [0, 0.1) is 0 Å². The van der Waals surface area contributed by atoms with Crippen molar-refractivity contribution in [1.82, 2.24) is 0 Å². The minimum Gasteiger partial charge on any atom is -0.144 e. The van der Waals surface area contributed by atoms with E-state index in [1.54, 1.807) is 9.75 Å². The number of rotatable bonds is 10. The van der Waals surface area contributed by atoms with E-state index in [0.717, 1.165) is 0 Å². The van der Waals surface area contributed by atoms with E-state index in [2.05, 4.69) is 35.8 Å². The number of unbranched alkanes of at least 4 members (excludes halogenated alkanes) is 6. The standard InChI is InChI=1S/C16H27BrS/c1-3-5-7-9-11-14-13-15(17)16(18-14)12-10-8-6-4-2/h13H,3-12H2,1-2H3. The van der Waals surface area contributed by atoms with Crippen molar-refractivity contribution in [1.29, 1.82) is 0 Å². The van der Waals surface area contributed by atoms with E-state index in [1.165, 1.54) is 68.7 Å². The molecule has 1 aromatic heterocycles. The van der Waals surface area contributed by atoms with Crippen LogP contribution in [0.5, 0.6) is 0 Å². The van der Waals surface area contributed by atoms with Crippen molar-refractivity contribution in [2.75, 3.05) is 0 Å². The molecule has 0 aliphatic heterocycles. The summed E-state index contributed by atoms with van der Waals surface area (Å²) in [6.45, 7) is 4.55. The summed E-state index contributed by atoms with van der Waals surface area (Å²) in [7, 11) is 0. The topological polar surface area (TPSA) is 0 Å². The lowest BCUT2D eigenvalue weighted by Crippen LogP contribution is -1.82. The molecule has 2 heteroatoms. The van der Waals surface area contributed by atoms with Gasteiger partial charge in [-0.05, 0) is 47.7 Å². The monoisotopic (exact) mass is 330 g/mol. The summed E-state index contributed by atoms with van der Waals surface area (Å²) in [6, 6.07) is 2.35. The Labute approximate surface area is 125 Å². The first-order chi connectivity index (χ1) is 8.77. The van der Waals surface area contributed by atoms with Gasteiger partial charge in [-0.2, -0.15) is 0 Å². The van der Waals surface area contributed by atoms with E-state index in [9.17, 15) is 0 Å². The second-order valence-corrected chi connectivity index (χ2v) is 7.18. The summed E-state index contributed by atoms with van der Waals surface area (Å²) in [5.41, 5.74) is 0. The Morgan fingerprint density at radius 1 is 0.889 bits per heavy atom. The average Bonchev–Trinajstić information content (AvgIpc) is 2.71. The fraction of sp³-hybridized carbons (Fsp3) is 0.750. The van der Waals surface area contributed by atoms with Gasteiger partial charge in [-0.1, -0.05) is 52.4 Å². The predicted octanol–water partition coefficient (Wildman–Crippen LogP) is 6.76. The molecule has 0 spiro atoms. The molecule has 0 saturated carbocycles. The molecular formula is C16H27BrS. The second kappa shape index (κ2) is 10.0. The van der Waals surface area contributed by atoms with Gasteiger partial charge >= 0.3 is 0 Å². The molecular weight excluding hydrogens is 304 g/mol.